The molecule has 596 valence electrons. The lowest BCUT2D eigenvalue weighted by molar-refractivity contribution is -0.161. The number of esters is 4. The first kappa shape index (κ1) is 99.6. The van der Waals surface area contributed by atoms with Crippen molar-refractivity contribution in [3.05, 3.63) is 207 Å². The van der Waals surface area contributed by atoms with E-state index in [1.165, 1.54) is 0 Å². The highest BCUT2D eigenvalue weighted by atomic mass is 31.2. The summed E-state index contributed by atoms with van der Waals surface area (Å²) < 4.78 is 68.4. The van der Waals surface area contributed by atoms with Crippen molar-refractivity contribution in [1.82, 2.24) is 0 Å². The maximum absolute atomic E-state index is 13.1. The third kappa shape index (κ3) is 75.9. The van der Waals surface area contributed by atoms with Crippen LogP contribution in [0.4, 0.5) is 0 Å². The third-order valence-corrected chi connectivity index (χ3v) is 17.1. The molecule has 0 rings (SSSR count). The minimum Gasteiger partial charge on any atom is -0.462 e. The number of ether oxygens (including phenoxy) is 4. The first-order chi connectivity index (χ1) is 51.7. The van der Waals surface area contributed by atoms with Gasteiger partial charge in [-0.15, -0.1) is 0 Å². The second-order valence-corrected chi connectivity index (χ2v) is 28.1. The number of carbonyl (C=O) groups is 4. The highest BCUT2D eigenvalue weighted by Gasteiger charge is 2.30. The summed E-state index contributed by atoms with van der Waals surface area (Å²) in [5.74, 6) is -2.44. The molecule has 0 spiro atoms. The average Bonchev–Trinajstić information content (AvgIpc) is 0.903. The number of phosphoric ester groups is 2. The molecule has 0 aromatic rings. The average molecular weight is 1520 g/mol. The van der Waals surface area contributed by atoms with Gasteiger partial charge in [-0.3, -0.25) is 37.3 Å². The number of aliphatic hydroxyl groups excluding tert-OH is 1. The molecule has 0 aliphatic rings. The van der Waals surface area contributed by atoms with Gasteiger partial charge >= 0.3 is 39.5 Å². The van der Waals surface area contributed by atoms with Gasteiger partial charge in [0, 0.05) is 19.3 Å². The Balaban J connectivity index is 5.53. The predicted molar refractivity (Wildman–Crippen MR) is 435 cm³/mol. The van der Waals surface area contributed by atoms with Crippen molar-refractivity contribution >= 4 is 39.5 Å². The maximum atomic E-state index is 13.1. The smallest absolute Gasteiger partial charge is 0.462 e. The van der Waals surface area contributed by atoms with Crippen molar-refractivity contribution in [2.45, 2.75) is 277 Å². The molecular formula is C87H136O17P2. The number of phosphoric acid groups is 2. The van der Waals surface area contributed by atoms with E-state index in [1.54, 1.807) is 6.08 Å². The van der Waals surface area contributed by atoms with Crippen LogP contribution in [0.25, 0.3) is 0 Å². The molecule has 106 heavy (non-hydrogen) atoms. The van der Waals surface area contributed by atoms with E-state index >= 15 is 0 Å². The van der Waals surface area contributed by atoms with Gasteiger partial charge in [-0.2, -0.15) is 0 Å². The van der Waals surface area contributed by atoms with Crippen molar-refractivity contribution in [3.8, 4) is 0 Å². The molecule has 0 heterocycles. The van der Waals surface area contributed by atoms with Crippen molar-refractivity contribution in [1.29, 1.82) is 0 Å². The SMILES string of the molecule is CC/C=C\C/C=C\C/C=C\C/C=C\C/C=C\CCCCCC(=O)OCC(COP(=O)(O)OCC(O)COP(=O)(O)OCC(COC(=O)C/C=C\C/C=C\C/C=C\C/C=C\C/C=C\CC)OC(=O)CCCCCCC/C=C\C/C=C\CCC)OC(=O)CCCCC/C=C\C/C=C\C/C=C\C/C=C\C/C=C\CC. The first-order valence-corrected chi connectivity index (χ1v) is 42.3. The van der Waals surface area contributed by atoms with Gasteiger partial charge in [0.25, 0.3) is 0 Å². The Morgan fingerprint density at radius 1 is 0.283 bits per heavy atom. The van der Waals surface area contributed by atoms with Crippen molar-refractivity contribution in [3.63, 3.8) is 0 Å². The Morgan fingerprint density at radius 3 is 0.849 bits per heavy atom. The van der Waals surface area contributed by atoms with Crippen LogP contribution in [0.1, 0.15) is 259 Å². The van der Waals surface area contributed by atoms with Crippen LogP contribution in [0.15, 0.2) is 207 Å². The lowest BCUT2D eigenvalue weighted by atomic mass is 10.1. The lowest BCUT2D eigenvalue weighted by Gasteiger charge is -2.21. The minimum absolute atomic E-state index is 0.0362. The Labute approximate surface area is 639 Å². The lowest BCUT2D eigenvalue weighted by Crippen LogP contribution is -2.30. The summed E-state index contributed by atoms with van der Waals surface area (Å²) in [6.45, 7) is 4.21. The van der Waals surface area contributed by atoms with E-state index in [-0.39, 0.29) is 25.7 Å². The number of allylic oxidation sites excluding steroid dienone is 33. The number of hydrogen-bond donors (Lipinski definition) is 3. The molecule has 0 aliphatic heterocycles. The number of unbranched alkanes of at least 4 members (excludes halogenated alkanes) is 12. The van der Waals surface area contributed by atoms with Gasteiger partial charge in [-0.1, -0.05) is 273 Å². The third-order valence-electron chi connectivity index (χ3n) is 15.2. The summed E-state index contributed by atoms with van der Waals surface area (Å²) in [4.78, 5) is 72.9. The van der Waals surface area contributed by atoms with E-state index in [0.717, 1.165) is 180 Å². The molecule has 0 amide bonds. The zero-order chi connectivity index (χ0) is 77.4. The summed E-state index contributed by atoms with van der Waals surface area (Å²) >= 11 is 0. The van der Waals surface area contributed by atoms with Crippen LogP contribution in [0, 0.1) is 0 Å². The second-order valence-electron chi connectivity index (χ2n) is 25.2. The van der Waals surface area contributed by atoms with Crippen LogP contribution in [0.2, 0.25) is 0 Å². The minimum atomic E-state index is -5.01. The van der Waals surface area contributed by atoms with Gasteiger partial charge in [0.15, 0.2) is 12.2 Å². The first-order valence-electron chi connectivity index (χ1n) is 39.3. The molecule has 19 heteroatoms. The molecular weight excluding hydrogens is 1380 g/mol. The zero-order valence-corrected chi connectivity index (χ0v) is 66.8. The summed E-state index contributed by atoms with van der Waals surface area (Å²) in [6, 6.07) is 0. The van der Waals surface area contributed by atoms with E-state index in [1.807, 2.05) is 18.2 Å². The van der Waals surface area contributed by atoms with E-state index in [2.05, 4.69) is 210 Å². The van der Waals surface area contributed by atoms with E-state index < -0.39 is 97.5 Å². The Morgan fingerprint density at radius 2 is 0.528 bits per heavy atom. The molecule has 0 fully saturated rings. The largest absolute Gasteiger partial charge is 0.472 e. The Hall–Kier alpha value is -6.36. The number of rotatable bonds is 71. The molecule has 5 atom stereocenters. The summed E-state index contributed by atoms with van der Waals surface area (Å²) in [5.41, 5.74) is 0. The molecule has 5 unspecified atom stereocenters. The quantitative estimate of drug-likeness (QED) is 0.0169. The number of aliphatic hydroxyl groups is 1. The molecule has 0 radical (unpaired) electrons. The monoisotopic (exact) mass is 1510 g/mol. The predicted octanol–water partition coefficient (Wildman–Crippen LogP) is 23.1. The van der Waals surface area contributed by atoms with Gasteiger partial charge in [0.1, 0.15) is 19.3 Å². The molecule has 0 aromatic heterocycles. The molecule has 3 N–H and O–H groups in total. The summed E-state index contributed by atoms with van der Waals surface area (Å²) in [7, 11) is -10.0. The number of carbonyl (C=O) groups excluding carboxylic acids is 4. The molecule has 0 aliphatic carbocycles. The highest BCUT2D eigenvalue weighted by molar-refractivity contribution is 7.47. The fraction of sp³-hybridized carbons (Fsp3) is 0.563. The van der Waals surface area contributed by atoms with Crippen molar-refractivity contribution < 1.29 is 80.2 Å². The highest BCUT2D eigenvalue weighted by Crippen LogP contribution is 2.45. The fourth-order valence-electron chi connectivity index (χ4n) is 9.38. The van der Waals surface area contributed by atoms with Crippen LogP contribution in [0.5, 0.6) is 0 Å². The van der Waals surface area contributed by atoms with E-state index in [0.29, 0.717) is 25.7 Å². The topological polar surface area (TPSA) is 237 Å². The van der Waals surface area contributed by atoms with Crippen molar-refractivity contribution in [2.24, 2.45) is 0 Å². The van der Waals surface area contributed by atoms with E-state index in [4.69, 9.17) is 37.0 Å². The standard InChI is InChI=1S/C87H136O17P2/c1-5-9-13-17-21-25-29-33-36-38-40-42-45-49-52-56-60-64-68-72-85(90)98-78-83(104-87(92)74-70-66-62-58-54-50-46-43-41-39-37-34-30-26-22-18-14-10-6-2)80-102-106(95,96)100-76-81(88)75-99-105(93,94)101-79-82(103-86(91)73-69-65-61-57-53-47-32-28-24-20-16-12-8-4)77-97-84(89)71-67-63-59-55-51-48-44-35-31-27-23-19-15-11-7-3/h9-11,13-16,20-23,25-28,32-37,40-44,49-52,54-55,63,67,81-83,88H,5-8,12,17-19,24,29-31,38-39,45-48,53,56-62,64-66,68-80H2,1-4H3,(H,93,94)(H,95,96)/b13-9-,14-10-,15-11-,20-16-,25-21-,26-22-,27-23-,32-28-,36-33-,37-34-,42-40-,43-41-,44-35-,52-49-,54-50-,55-51-,67-63-. The van der Waals surface area contributed by atoms with E-state index in [9.17, 15) is 43.2 Å². The van der Waals surface area contributed by atoms with Crippen LogP contribution in [-0.4, -0.2) is 96.7 Å². The molecule has 0 saturated carbocycles. The van der Waals surface area contributed by atoms with Gasteiger partial charge in [0.05, 0.1) is 32.8 Å². The molecule has 17 nitrogen and oxygen atoms in total. The normalized spacial score (nSPS) is 15.0. The van der Waals surface area contributed by atoms with Gasteiger partial charge in [-0.25, -0.2) is 9.13 Å². The summed E-state index contributed by atoms with van der Waals surface area (Å²) in [6.07, 6.45) is 95.6. The van der Waals surface area contributed by atoms with Crippen LogP contribution < -0.4 is 0 Å². The van der Waals surface area contributed by atoms with Crippen LogP contribution >= 0.6 is 15.6 Å². The van der Waals surface area contributed by atoms with Gasteiger partial charge in [0.2, 0.25) is 0 Å². The van der Waals surface area contributed by atoms with Gasteiger partial charge < -0.3 is 33.8 Å². The van der Waals surface area contributed by atoms with Gasteiger partial charge in [-0.05, 0) is 167 Å². The maximum Gasteiger partial charge on any atom is 0.472 e. The number of hydrogen-bond acceptors (Lipinski definition) is 15. The summed E-state index contributed by atoms with van der Waals surface area (Å²) in [5, 5.41) is 10.6. The van der Waals surface area contributed by atoms with Crippen molar-refractivity contribution in [2.75, 3.05) is 39.6 Å². The Kier molecular flexibility index (Phi) is 72.2. The zero-order valence-electron chi connectivity index (χ0n) is 65.0. The Bertz CT molecular complexity index is 2830. The second kappa shape index (κ2) is 76.8. The van der Waals surface area contributed by atoms with Crippen LogP contribution in [-0.2, 0) is 65.4 Å². The molecule has 0 saturated heterocycles. The molecule has 0 bridgehead atoms. The fourth-order valence-corrected chi connectivity index (χ4v) is 11.0. The molecule has 0 aromatic carbocycles. The van der Waals surface area contributed by atoms with Crippen LogP contribution in [0.3, 0.4) is 0 Å².